The molecular formula is C11H12BrClO3. The number of halogens is 2. The molecule has 88 valence electrons. The van der Waals surface area contributed by atoms with Crippen molar-refractivity contribution in [3.8, 4) is 5.75 Å². The zero-order valence-electron chi connectivity index (χ0n) is 9.21. The summed E-state index contributed by atoms with van der Waals surface area (Å²) >= 11 is 9.26. The summed E-state index contributed by atoms with van der Waals surface area (Å²) in [7, 11) is 1.32. The molecule has 0 aliphatic rings. The van der Waals surface area contributed by atoms with E-state index in [0.29, 0.717) is 10.8 Å². The van der Waals surface area contributed by atoms with Crippen molar-refractivity contribution in [2.45, 2.75) is 19.4 Å². The summed E-state index contributed by atoms with van der Waals surface area (Å²) in [6.07, 6.45) is 0. The summed E-state index contributed by atoms with van der Waals surface area (Å²) in [5.74, 6) is -0.0185. The second kappa shape index (κ2) is 5.06. The van der Waals surface area contributed by atoms with E-state index in [1.165, 1.54) is 7.11 Å². The van der Waals surface area contributed by atoms with E-state index in [4.69, 9.17) is 16.3 Å². The second-order valence-electron chi connectivity index (χ2n) is 3.68. The molecule has 0 unspecified atom stereocenters. The second-order valence-corrected chi connectivity index (χ2v) is 5.00. The first-order valence-corrected chi connectivity index (χ1v) is 5.76. The number of ether oxygens (including phenoxy) is 2. The molecule has 16 heavy (non-hydrogen) atoms. The van der Waals surface area contributed by atoms with Gasteiger partial charge in [-0.05, 0) is 32.0 Å². The van der Waals surface area contributed by atoms with Crippen molar-refractivity contribution in [2.24, 2.45) is 0 Å². The number of hydrogen-bond donors (Lipinski definition) is 0. The van der Waals surface area contributed by atoms with E-state index < -0.39 is 11.6 Å². The summed E-state index contributed by atoms with van der Waals surface area (Å²) in [4.78, 5) is 11.4. The van der Waals surface area contributed by atoms with Crippen LogP contribution in [0.2, 0.25) is 5.02 Å². The van der Waals surface area contributed by atoms with Gasteiger partial charge in [0.2, 0.25) is 0 Å². The first-order valence-electron chi connectivity index (χ1n) is 4.59. The molecule has 0 aliphatic carbocycles. The molecule has 0 bridgehead atoms. The maximum absolute atomic E-state index is 11.4. The normalized spacial score (nSPS) is 11.1. The predicted molar refractivity (Wildman–Crippen MR) is 65.9 cm³/mol. The predicted octanol–water partition coefficient (Wildman–Crippen LogP) is 3.43. The fraction of sp³-hybridized carbons (Fsp3) is 0.364. The van der Waals surface area contributed by atoms with Gasteiger partial charge in [-0.15, -0.1) is 0 Å². The highest BCUT2D eigenvalue weighted by Gasteiger charge is 2.31. The highest BCUT2D eigenvalue weighted by atomic mass is 79.9. The molecule has 0 spiro atoms. The summed E-state index contributed by atoms with van der Waals surface area (Å²) in [5, 5.41) is 0.445. The third-order valence-electron chi connectivity index (χ3n) is 1.94. The highest BCUT2D eigenvalue weighted by molar-refractivity contribution is 9.10. The Hall–Kier alpha value is -0.740. The van der Waals surface area contributed by atoms with Crippen molar-refractivity contribution in [3.63, 3.8) is 0 Å². The Kier molecular flexibility index (Phi) is 4.21. The minimum absolute atomic E-state index is 0.437. The van der Waals surface area contributed by atoms with Crippen LogP contribution in [-0.4, -0.2) is 18.7 Å². The van der Waals surface area contributed by atoms with Gasteiger partial charge in [0.1, 0.15) is 5.75 Å². The van der Waals surface area contributed by atoms with E-state index >= 15 is 0 Å². The fourth-order valence-corrected chi connectivity index (χ4v) is 1.61. The Balaban J connectivity index is 2.95. The lowest BCUT2D eigenvalue weighted by Crippen LogP contribution is -2.39. The average molecular weight is 308 g/mol. The Labute approximate surface area is 108 Å². The quantitative estimate of drug-likeness (QED) is 0.803. The molecule has 0 aliphatic heterocycles. The topological polar surface area (TPSA) is 35.5 Å². The minimum Gasteiger partial charge on any atom is -0.475 e. The minimum atomic E-state index is -1.07. The van der Waals surface area contributed by atoms with Crippen LogP contribution in [0.1, 0.15) is 13.8 Å². The number of carbonyl (C=O) groups excluding carboxylic acids is 1. The average Bonchev–Trinajstić information content (AvgIpc) is 2.22. The van der Waals surface area contributed by atoms with Crippen LogP contribution < -0.4 is 4.74 Å². The molecule has 0 atom stereocenters. The maximum Gasteiger partial charge on any atom is 0.349 e. The van der Waals surface area contributed by atoms with Crippen LogP contribution in [0.4, 0.5) is 0 Å². The smallest absolute Gasteiger partial charge is 0.349 e. The summed E-state index contributed by atoms with van der Waals surface area (Å²) in [6.45, 7) is 3.24. The van der Waals surface area contributed by atoms with E-state index in [2.05, 4.69) is 20.7 Å². The molecule has 1 aromatic carbocycles. The zero-order chi connectivity index (χ0) is 12.3. The maximum atomic E-state index is 11.4. The molecule has 3 nitrogen and oxygen atoms in total. The van der Waals surface area contributed by atoms with Crippen molar-refractivity contribution in [1.29, 1.82) is 0 Å². The first kappa shape index (κ1) is 13.3. The van der Waals surface area contributed by atoms with E-state index in [1.54, 1.807) is 32.0 Å². The molecule has 0 amide bonds. The Morgan fingerprint density at radius 3 is 2.62 bits per heavy atom. The molecular weight excluding hydrogens is 295 g/mol. The highest BCUT2D eigenvalue weighted by Crippen LogP contribution is 2.31. The Morgan fingerprint density at radius 1 is 1.44 bits per heavy atom. The van der Waals surface area contributed by atoms with Crippen LogP contribution in [0.5, 0.6) is 5.75 Å². The number of hydrogen-bond acceptors (Lipinski definition) is 3. The van der Waals surface area contributed by atoms with Crippen molar-refractivity contribution in [2.75, 3.05) is 7.11 Å². The molecule has 0 heterocycles. The van der Waals surface area contributed by atoms with Crippen molar-refractivity contribution >= 4 is 33.5 Å². The number of methoxy groups -OCH3 is 1. The summed E-state index contributed by atoms with van der Waals surface area (Å²) in [5.41, 5.74) is -1.07. The van der Waals surface area contributed by atoms with Crippen LogP contribution in [0.25, 0.3) is 0 Å². The van der Waals surface area contributed by atoms with Gasteiger partial charge < -0.3 is 9.47 Å². The van der Waals surface area contributed by atoms with E-state index in [9.17, 15) is 4.79 Å². The van der Waals surface area contributed by atoms with Crippen molar-refractivity contribution in [1.82, 2.24) is 0 Å². The number of esters is 1. The number of benzene rings is 1. The third kappa shape index (κ3) is 3.12. The van der Waals surface area contributed by atoms with Gasteiger partial charge in [0.05, 0.1) is 12.1 Å². The van der Waals surface area contributed by atoms with Gasteiger partial charge in [-0.2, -0.15) is 0 Å². The van der Waals surface area contributed by atoms with Crippen LogP contribution in [0, 0.1) is 0 Å². The van der Waals surface area contributed by atoms with Gasteiger partial charge in [-0.1, -0.05) is 27.5 Å². The molecule has 0 aromatic heterocycles. The number of carbonyl (C=O) groups is 1. The van der Waals surface area contributed by atoms with Gasteiger partial charge in [0.25, 0.3) is 0 Å². The van der Waals surface area contributed by atoms with E-state index in [0.717, 1.165) is 4.47 Å². The standard InChI is InChI=1S/C11H12BrClO3/c1-11(2,10(14)15-3)16-9-6-7(12)4-5-8(9)13/h4-6H,1-3H3. The molecule has 0 fully saturated rings. The van der Waals surface area contributed by atoms with Crippen molar-refractivity contribution < 1.29 is 14.3 Å². The van der Waals surface area contributed by atoms with Crippen molar-refractivity contribution in [3.05, 3.63) is 27.7 Å². The fourth-order valence-electron chi connectivity index (χ4n) is 1.12. The van der Waals surface area contributed by atoms with Crippen LogP contribution >= 0.6 is 27.5 Å². The number of rotatable bonds is 3. The summed E-state index contributed by atoms with van der Waals surface area (Å²) in [6, 6.07) is 5.18. The largest absolute Gasteiger partial charge is 0.475 e. The molecule has 1 aromatic rings. The lowest BCUT2D eigenvalue weighted by molar-refractivity contribution is -0.156. The van der Waals surface area contributed by atoms with Gasteiger partial charge in [0, 0.05) is 4.47 Å². The molecule has 0 N–H and O–H groups in total. The Bertz CT molecular complexity index is 404. The SMILES string of the molecule is COC(=O)C(C)(C)Oc1cc(Br)ccc1Cl. The van der Waals surface area contributed by atoms with E-state index in [1.807, 2.05) is 0 Å². The van der Waals surface area contributed by atoms with Gasteiger partial charge in [0.15, 0.2) is 5.60 Å². The molecule has 5 heteroatoms. The lowest BCUT2D eigenvalue weighted by atomic mass is 10.1. The first-order chi connectivity index (χ1) is 7.36. The monoisotopic (exact) mass is 306 g/mol. The lowest BCUT2D eigenvalue weighted by Gasteiger charge is -2.24. The molecule has 0 radical (unpaired) electrons. The van der Waals surface area contributed by atoms with Gasteiger partial charge in [-0.3, -0.25) is 0 Å². The van der Waals surface area contributed by atoms with Crippen LogP contribution in [-0.2, 0) is 9.53 Å². The van der Waals surface area contributed by atoms with E-state index in [-0.39, 0.29) is 0 Å². The zero-order valence-corrected chi connectivity index (χ0v) is 11.6. The summed E-state index contributed by atoms with van der Waals surface area (Å²) < 4.78 is 11.0. The van der Waals surface area contributed by atoms with Crippen LogP contribution in [0.15, 0.2) is 22.7 Å². The van der Waals surface area contributed by atoms with Gasteiger partial charge >= 0.3 is 5.97 Å². The Morgan fingerprint density at radius 2 is 2.06 bits per heavy atom. The van der Waals surface area contributed by atoms with Gasteiger partial charge in [-0.25, -0.2) is 4.79 Å². The third-order valence-corrected chi connectivity index (χ3v) is 2.74. The molecule has 1 rings (SSSR count). The molecule has 0 saturated carbocycles. The molecule has 0 saturated heterocycles. The van der Waals surface area contributed by atoms with Crippen LogP contribution in [0.3, 0.4) is 0 Å².